The molecule has 1 aliphatic rings. The van der Waals surface area contributed by atoms with E-state index in [9.17, 15) is 14.4 Å². The molecule has 9 nitrogen and oxygen atoms in total. The number of carbonyl (C=O) groups is 3. The van der Waals surface area contributed by atoms with Gasteiger partial charge in [-0.05, 0) is 18.6 Å². The Morgan fingerprint density at radius 2 is 1.86 bits per heavy atom. The third kappa shape index (κ3) is 5.26. The molecule has 0 unspecified atom stereocenters. The van der Waals surface area contributed by atoms with Crippen molar-refractivity contribution in [3.05, 3.63) is 29.5 Å². The maximum atomic E-state index is 12.4. The number of hydrogen-bond donors (Lipinski definition) is 1. The first kappa shape index (κ1) is 22.2. The first-order valence-electron chi connectivity index (χ1n) is 9.19. The van der Waals surface area contributed by atoms with E-state index < -0.39 is 11.9 Å². The highest BCUT2D eigenvalue weighted by atomic mass is 16.5. The molecular weight excluding hydrogens is 380 g/mol. The summed E-state index contributed by atoms with van der Waals surface area (Å²) in [6.45, 7) is 1.96. The Morgan fingerprint density at radius 1 is 1.14 bits per heavy atom. The Labute approximate surface area is 169 Å². The molecule has 0 aliphatic carbocycles. The summed E-state index contributed by atoms with van der Waals surface area (Å²) >= 11 is 0. The zero-order chi connectivity index (χ0) is 21.4. The molecule has 158 valence electrons. The van der Waals surface area contributed by atoms with Crippen LogP contribution in [0.4, 0.5) is 11.4 Å². The van der Waals surface area contributed by atoms with Crippen molar-refractivity contribution in [3.8, 4) is 5.75 Å². The number of anilines is 2. The minimum absolute atomic E-state index is 0.0241. The topological polar surface area (TPSA) is 103 Å². The van der Waals surface area contributed by atoms with Crippen molar-refractivity contribution in [2.45, 2.75) is 26.2 Å². The van der Waals surface area contributed by atoms with Gasteiger partial charge in [0.2, 0.25) is 5.91 Å². The highest BCUT2D eigenvalue weighted by Gasteiger charge is 2.32. The summed E-state index contributed by atoms with van der Waals surface area (Å²) in [6, 6.07) is 4.99. The van der Waals surface area contributed by atoms with Crippen molar-refractivity contribution < 1.29 is 33.3 Å². The number of benzene rings is 1. The third-order valence-corrected chi connectivity index (χ3v) is 4.36. The van der Waals surface area contributed by atoms with E-state index >= 15 is 0 Å². The van der Waals surface area contributed by atoms with Gasteiger partial charge in [-0.3, -0.25) is 4.79 Å². The number of rotatable bonds is 8. The molecule has 1 aromatic rings. The van der Waals surface area contributed by atoms with E-state index in [-0.39, 0.29) is 30.5 Å². The lowest BCUT2D eigenvalue weighted by Crippen LogP contribution is -2.38. The molecule has 0 saturated carbocycles. The summed E-state index contributed by atoms with van der Waals surface area (Å²) in [6.07, 6.45) is 2.13. The lowest BCUT2D eigenvalue weighted by atomic mass is 10.1. The largest absolute Gasteiger partial charge is 0.494 e. The van der Waals surface area contributed by atoms with Crippen molar-refractivity contribution >= 4 is 29.2 Å². The molecule has 1 aromatic carbocycles. The molecule has 0 atom stereocenters. The second kappa shape index (κ2) is 10.5. The van der Waals surface area contributed by atoms with E-state index in [1.54, 1.807) is 18.2 Å². The van der Waals surface area contributed by atoms with Gasteiger partial charge in [-0.2, -0.15) is 0 Å². The van der Waals surface area contributed by atoms with Crippen LogP contribution < -0.4 is 15.0 Å². The lowest BCUT2D eigenvalue weighted by molar-refractivity contribution is -0.140. The number of nitrogens with one attached hydrogen (secondary N) is 1. The van der Waals surface area contributed by atoms with Crippen LogP contribution in [0.3, 0.4) is 0 Å². The highest BCUT2D eigenvalue weighted by Crippen LogP contribution is 2.33. The summed E-state index contributed by atoms with van der Waals surface area (Å²) in [5, 5.41) is 2.82. The van der Waals surface area contributed by atoms with Crippen LogP contribution in [0.15, 0.2) is 29.5 Å². The van der Waals surface area contributed by atoms with Gasteiger partial charge in [0.15, 0.2) is 0 Å². The number of esters is 2. The molecule has 1 amide bonds. The van der Waals surface area contributed by atoms with Crippen molar-refractivity contribution in [2.75, 3.05) is 44.9 Å². The van der Waals surface area contributed by atoms with Crippen LogP contribution in [-0.2, 0) is 28.6 Å². The fraction of sp³-hybridized carbons (Fsp3) is 0.450. The predicted octanol–water partition coefficient (Wildman–Crippen LogP) is 2.22. The Kier molecular flexibility index (Phi) is 8.02. The number of carbonyl (C=O) groups excluding carboxylic acids is 3. The molecule has 9 heteroatoms. The smallest absolute Gasteiger partial charge is 0.355 e. The lowest BCUT2D eigenvalue weighted by Gasteiger charge is -2.31. The normalized spacial score (nSPS) is 13.7. The van der Waals surface area contributed by atoms with Crippen LogP contribution in [0, 0.1) is 0 Å². The van der Waals surface area contributed by atoms with E-state index in [4.69, 9.17) is 18.9 Å². The van der Waals surface area contributed by atoms with Gasteiger partial charge < -0.3 is 29.2 Å². The molecule has 1 heterocycles. The van der Waals surface area contributed by atoms with Gasteiger partial charge in [0.1, 0.15) is 18.2 Å². The van der Waals surface area contributed by atoms with Gasteiger partial charge in [0.05, 0.1) is 39.2 Å². The average Bonchev–Trinajstić information content (AvgIpc) is 2.76. The van der Waals surface area contributed by atoms with Crippen LogP contribution in [-0.4, -0.2) is 52.5 Å². The van der Waals surface area contributed by atoms with E-state index in [1.807, 2.05) is 6.92 Å². The van der Waals surface area contributed by atoms with Crippen LogP contribution in [0.5, 0.6) is 5.75 Å². The van der Waals surface area contributed by atoms with E-state index in [0.29, 0.717) is 23.5 Å². The van der Waals surface area contributed by atoms with Crippen LogP contribution in [0.25, 0.3) is 0 Å². The zero-order valence-electron chi connectivity index (χ0n) is 17.1. The second-order valence-corrected chi connectivity index (χ2v) is 6.25. The van der Waals surface area contributed by atoms with Gasteiger partial charge in [0, 0.05) is 18.2 Å². The van der Waals surface area contributed by atoms with Gasteiger partial charge in [0.25, 0.3) is 0 Å². The Bertz CT molecular complexity index is 804. The number of hydrogen-bond acceptors (Lipinski definition) is 8. The summed E-state index contributed by atoms with van der Waals surface area (Å²) in [5.41, 5.74) is 1.12. The second-order valence-electron chi connectivity index (χ2n) is 6.25. The molecule has 0 saturated heterocycles. The monoisotopic (exact) mass is 406 g/mol. The molecule has 0 aromatic heterocycles. The first-order valence-corrected chi connectivity index (χ1v) is 9.19. The molecule has 0 spiro atoms. The number of methoxy groups -OCH3 is 3. The molecule has 1 N–H and O–H groups in total. The van der Waals surface area contributed by atoms with E-state index in [1.165, 1.54) is 26.2 Å². The molecule has 0 radical (unpaired) electrons. The van der Waals surface area contributed by atoms with E-state index in [2.05, 4.69) is 5.32 Å². The summed E-state index contributed by atoms with van der Waals surface area (Å²) < 4.78 is 20.5. The van der Waals surface area contributed by atoms with Crippen LogP contribution in [0.2, 0.25) is 0 Å². The molecule has 0 fully saturated rings. The summed E-state index contributed by atoms with van der Waals surface area (Å²) in [7, 11) is 3.93. The number of nitrogens with zero attached hydrogens (tertiary/aromatic N) is 1. The quantitative estimate of drug-likeness (QED) is 0.656. The zero-order valence-corrected chi connectivity index (χ0v) is 17.1. The number of unbranched alkanes of at least 4 members (excludes halogenated alkanes) is 1. The van der Waals surface area contributed by atoms with Crippen LogP contribution in [0.1, 0.15) is 26.2 Å². The van der Waals surface area contributed by atoms with Crippen molar-refractivity contribution in [3.63, 3.8) is 0 Å². The van der Waals surface area contributed by atoms with Crippen molar-refractivity contribution in [2.24, 2.45) is 0 Å². The van der Waals surface area contributed by atoms with Crippen molar-refractivity contribution in [1.82, 2.24) is 0 Å². The molecular formula is C20H26N2O7. The Hall–Kier alpha value is -3.07. The maximum absolute atomic E-state index is 12.4. The highest BCUT2D eigenvalue weighted by molar-refractivity contribution is 6.03. The van der Waals surface area contributed by atoms with Crippen molar-refractivity contribution in [1.29, 1.82) is 0 Å². The Balaban J connectivity index is 2.40. The number of ether oxygens (including phenoxy) is 4. The fourth-order valence-electron chi connectivity index (χ4n) is 2.85. The summed E-state index contributed by atoms with van der Waals surface area (Å²) in [5.74, 6) is -1.07. The van der Waals surface area contributed by atoms with Crippen LogP contribution >= 0.6 is 0 Å². The molecule has 29 heavy (non-hydrogen) atoms. The first-order chi connectivity index (χ1) is 14.0. The third-order valence-electron chi connectivity index (χ3n) is 4.36. The van der Waals surface area contributed by atoms with Gasteiger partial charge in [-0.1, -0.05) is 13.3 Å². The van der Waals surface area contributed by atoms with Gasteiger partial charge in [-0.15, -0.1) is 0 Å². The minimum atomic E-state index is -0.690. The average molecular weight is 406 g/mol. The Morgan fingerprint density at radius 3 is 2.48 bits per heavy atom. The number of amides is 1. The van der Waals surface area contributed by atoms with Gasteiger partial charge >= 0.3 is 11.9 Å². The molecule has 2 rings (SSSR count). The SMILES string of the molecule is CCCCC(=O)Nc1ccc(N2COCC(C(=O)OC)=C2C(=O)OC)cc1OC. The summed E-state index contributed by atoms with van der Waals surface area (Å²) in [4.78, 5) is 38.0. The standard InChI is InChI=1S/C20H26N2O7/c1-5-6-7-17(23)21-15-9-8-13(10-16(15)26-2)22-12-29-11-14(19(24)27-3)18(22)20(25)28-4/h8-10H,5-7,11-12H2,1-4H3,(H,21,23). The maximum Gasteiger partial charge on any atom is 0.355 e. The fourth-order valence-corrected chi connectivity index (χ4v) is 2.85. The molecule has 0 bridgehead atoms. The minimum Gasteiger partial charge on any atom is -0.494 e. The predicted molar refractivity (Wildman–Crippen MR) is 106 cm³/mol. The van der Waals surface area contributed by atoms with Gasteiger partial charge in [-0.25, -0.2) is 9.59 Å². The van der Waals surface area contributed by atoms with E-state index in [0.717, 1.165) is 12.8 Å². The molecule has 1 aliphatic heterocycles.